The van der Waals surface area contributed by atoms with Crippen LogP contribution in [0.2, 0.25) is 0 Å². The minimum Gasteiger partial charge on any atom is -0.492 e. The second-order valence-electron chi connectivity index (χ2n) is 6.23. The maximum atomic E-state index is 12.0. The number of sulfonamides is 1. The maximum Gasteiger partial charge on any atom is 0.242 e. The van der Waals surface area contributed by atoms with Crippen molar-refractivity contribution in [3.8, 4) is 5.75 Å². The Morgan fingerprint density at radius 2 is 1.79 bits per heavy atom. The first-order chi connectivity index (χ1) is 11.4. The fourth-order valence-electron chi connectivity index (χ4n) is 2.77. The van der Waals surface area contributed by atoms with Gasteiger partial charge in [0.25, 0.3) is 0 Å². The van der Waals surface area contributed by atoms with Crippen LogP contribution in [0.3, 0.4) is 0 Å². The fourth-order valence-corrected chi connectivity index (χ4v) is 3.67. The molecule has 6 nitrogen and oxygen atoms in total. The highest BCUT2D eigenvalue weighted by atomic mass is 32.2. The minimum atomic E-state index is -3.42. The molecule has 134 valence electrons. The van der Waals surface area contributed by atoms with Crippen molar-refractivity contribution in [2.75, 3.05) is 27.2 Å². The molecule has 0 bridgehead atoms. The van der Waals surface area contributed by atoms with E-state index in [-0.39, 0.29) is 16.7 Å². The van der Waals surface area contributed by atoms with E-state index in [4.69, 9.17) is 4.74 Å². The van der Waals surface area contributed by atoms with Crippen LogP contribution in [0.25, 0.3) is 0 Å². The van der Waals surface area contributed by atoms with Crippen LogP contribution in [-0.4, -0.2) is 45.9 Å². The molecule has 0 radical (unpaired) electrons. The third-order valence-corrected chi connectivity index (χ3v) is 6.08. The lowest BCUT2D eigenvalue weighted by molar-refractivity contribution is -0.126. The molecule has 24 heavy (non-hydrogen) atoms. The fraction of sp³-hybridized carbons (Fsp3) is 0.588. The van der Waals surface area contributed by atoms with E-state index in [2.05, 4.69) is 5.32 Å². The summed E-state index contributed by atoms with van der Waals surface area (Å²) >= 11 is 0. The Bertz CT molecular complexity index is 635. The van der Waals surface area contributed by atoms with E-state index in [1.165, 1.54) is 37.0 Å². The number of hydrogen-bond acceptors (Lipinski definition) is 4. The lowest BCUT2D eigenvalue weighted by Crippen LogP contribution is -2.34. The molecule has 1 aromatic rings. The van der Waals surface area contributed by atoms with E-state index in [1.807, 2.05) is 0 Å². The van der Waals surface area contributed by atoms with Crippen molar-refractivity contribution < 1.29 is 17.9 Å². The summed E-state index contributed by atoms with van der Waals surface area (Å²) < 4.78 is 30.7. The number of ether oxygens (including phenoxy) is 1. The van der Waals surface area contributed by atoms with Crippen molar-refractivity contribution in [1.29, 1.82) is 0 Å². The van der Waals surface area contributed by atoms with Gasteiger partial charge in [0, 0.05) is 20.0 Å². The number of carbonyl (C=O) groups is 1. The smallest absolute Gasteiger partial charge is 0.242 e. The first kappa shape index (κ1) is 18.7. The van der Waals surface area contributed by atoms with Gasteiger partial charge in [0.1, 0.15) is 12.4 Å². The molecular formula is C17H26N2O4S. The zero-order chi connectivity index (χ0) is 17.6. The first-order valence-electron chi connectivity index (χ1n) is 8.34. The Morgan fingerprint density at radius 3 is 2.38 bits per heavy atom. The number of nitrogens with zero attached hydrogens (tertiary/aromatic N) is 1. The zero-order valence-electron chi connectivity index (χ0n) is 14.3. The Morgan fingerprint density at radius 1 is 1.17 bits per heavy atom. The molecule has 1 saturated carbocycles. The molecule has 1 aliphatic carbocycles. The average molecular weight is 354 g/mol. The van der Waals surface area contributed by atoms with Crippen LogP contribution in [0, 0.1) is 5.92 Å². The topological polar surface area (TPSA) is 75.7 Å². The maximum absolute atomic E-state index is 12.0. The number of amides is 1. The van der Waals surface area contributed by atoms with Crippen molar-refractivity contribution >= 4 is 15.9 Å². The summed E-state index contributed by atoms with van der Waals surface area (Å²) in [5.41, 5.74) is 0. The summed E-state index contributed by atoms with van der Waals surface area (Å²) in [4.78, 5) is 12.2. The quantitative estimate of drug-likeness (QED) is 0.760. The molecule has 7 heteroatoms. The van der Waals surface area contributed by atoms with E-state index in [9.17, 15) is 13.2 Å². The third kappa shape index (κ3) is 4.95. The van der Waals surface area contributed by atoms with Crippen LogP contribution >= 0.6 is 0 Å². The predicted octanol–water partition coefficient (Wildman–Crippen LogP) is 2.01. The molecule has 1 amide bonds. The minimum absolute atomic E-state index is 0.116. The van der Waals surface area contributed by atoms with Gasteiger partial charge >= 0.3 is 0 Å². The molecule has 2 rings (SSSR count). The highest BCUT2D eigenvalue weighted by Gasteiger charge is 2.20. The van der Waals surface area contributed by atoms with Gasteiger partial charge in [-0.05, 0) is 37.1 Å². The van der Waals surface area contributed by atoms with Gasteiger partial charge in [0.2, 0.25) is 15.9 Å². The van der Waals surface area contributed by atoms with Gasteiger partial charge in [-0.2, -0.15) is 0 Å². The van der Waals surface area contributed by atoms with Crippen LogP contribution in [-0.2, 0) is 14.8 Å². The summed E-state index contributed by atoms with van der Waals surface area (Å²) in [6.07, 6.45) is 5.46. The molecule has 1 fully saturated rings. The molecule has 0 saturated heterocycles. The van der Waals surface area contributed by atoms with Gasteiger partial charge in [-0.3, -0.25) is 4.79 Å². The van der Waals surface area contributed by atoms with Crippen LogP contribution in [0.5, 0.6) is 5.75 Å². The first-order valence-corrected chi connectivity index (χ1v) is 9.78. The summed E-state index contributed by atoms with van der Waals surface area (Å²) in [5, 5.41) is 2.91. The van der Waals surface area contributed by atoms with Crippen molar-refractivity contribution in [3.05, 3.63) is 24.3 Å². The average Bonchev–Trinajstić information content (AvgIpc) is 2.59. The third-order valence-electron chi connectivity index (χ3n) is 4.25. The van der Waals surface area contributed by atoms with Gasteiger partial charge < -0.3 is 10.1 Å². The normalized spacial score (nSPS) is 16.1. The molecule has 0 heterocycles. The second kappa shape index (κ2) is 8.48. The molecule has 0 aromatic heterocycles. The molecule has 0 aliphatic heterocycles. The predicted molar refractivity (Wildman–Crippen MR) is 92.4 cm³/mol. The lowest BCUT2D eigenvalue weighted by atomic mass is 9.89. The second-order valence-corrected chi connectivity index (χ2v) is 8.39. The van der Waals surface area contributed by atoms with Gasteiger partial charge in [0.05, 0.1) is 11.4 Å². The summed E-state index contributed by atoms with van der Waals surface area (Å²) in [7, 11) is -0.432. The number of rotatable bonds is 7. The Hall–Kier alpha value is -1.60. The summed E-state index contributed by atoms with van der Waals surface area (Å²) in [6.45, 7) is 0.811. The van der Waals surface area contributed by atoms with Gasteiger partial charge in [-0.25, -0.2) is 12.7 Å². The van der Waals surface area contributed by atoms with Crippen molar-refractivity contribution in [1.82, 2.24) is 9.62 Å². The largest absolute Gasteiger partial charge is 0.492 e. The highest BCUT2D eigenvalue weighted by Crippen LogP contribution is 2.23. The van der Waals surface area contributed by atoms with E-state index in [0.29, 0.717) is 18.9 Å². The molecule has 0 atom stereocenters. The number of nitrogens with one attached hydrogen (secondary N) is 1. The van der Waals surface area contributed by atoms with Gasteiger partial charge in [0.15, 0.2) is 0 Å². The molecular weight excluding hydrogens is 328 g/mol. The SMILES string of the molecule is CN(C)S(=O)(=O)c1ccc(OCCNC(=O)C2CCCCC2)cc1. The lowest BCUT2D eigenvalue weighted by Gasteiger charge is -2.20. The van der Waals surface area contributed by atoms with Crippen LogP contribution in [0.15, 0.2) is 29.2 Å². The van der Waals surface area contributed by atoms with E-state index >= 15 is 0 Å². The highest BCUT2D eigenvalue weighted by molar-refractivity contribution is 7.89. The zero-order valence-corrected chi connectivity index (χ0v) is 15.1. The monoisotopic (exact) mass is 354 g/mol. The van der Waals surface area contributed by atoms with E-state index in [0.717, 1.165) is 25.7 Å². The molecule has 1 aliphatic rings. The van der Waals surface area contributed by atoms with E-state index in [1.54, 1.807) is 12.1 Å². The summed E-state index contributed by atoms with van der Waals surface area (Å²) in [6, 6.07) is 6.29. The van der Waals surface area contributed by atoms with E-state index < -0.39 is 10.0 Å². The Balaban J connectivity index is 1.75. The molecule has 0 unspecified atom stereocenters. The van der Waals surface area contributed by atoms with Crippen LogP contribution < -0.4 is 10.1 Å². The van der Waals surface area contributed by atoms with Crippen molar-refractivity contribution in [2.24, 2.45) is 5.92 Å². The molecule has 1 aromatic carbocycles. The van der Waals surface area contributed by atoms with Crippen LogP contribution in [0.1, 0.15) is 32.1 Å². The van der Waals surface area contributed by atoms with Gasteiger partial charge in [-0.1, -0.05) is 19.3 Å². The number of hydrogen-bond donors (Lipinski definition) is 1. The number of benzene rings is 1. The Kier molecular flexibility index (Phi) is 6.62. The number of carbonyl (C=O) groups excluding carboxylic acids is 1. The molecule has 0 spiro atoms. The van der Waals surface area contributed by atoms with Crippen molar-refractivity contribution in [3.63, 3.8) is 0 Å². The Labute approximate surface area is 144 Å². The van der Waals surface area contributed by atoms with Crippen molar-refractivity contribution in [2.45, 2.75) is 37.0 Å². The molecule has 1 N–H and O–H groups in total. The standard InChI is InChI=1S/C17H26N2O4S/c1-19(2)24(21,22)16-10-8-15(9-11-16)23-13-12-18-17(20)14-6-4-3-5-7-14/h8-11,14H,3-7,12-13H2,1-2H3,(H,18,20). The summed E-state index contributed by atoms with van der Waals surface area (Å²) in [5.74, 6) is 0.847. The van der Waals surface area contributed by atoms with Crippen LogP contribution in [0.4, 0.5) is 0 Å². The van der Waals surface area contributed by atoms with Gasteiger partial charge in [-0.15, -0.1) is 0 Å².